The minimum atomic E-state index is -0.763. The van der Waals surface area contributed by atoms with E-state index in [4.69, 9.17) is 9.47 Å². The van der Waals surface area contributed by atoms with Crippen molar-refractivity contribution in [3.05, 3.63) is 71.3 Å². The van der Waals surface area contributed by atoms with Crippen LogP contribution in [0.2, 0.25) is 0 Å². The maximum atomic E-state index is 13.3. The topological polar surface area (TPSA) is 117 Å². The van der Waals surface area contributed by atoms with Gasteiger partial charge in [-0.3, -0.25) is 19.2 Å². The zero-order valence-electron chi connectivity index (χ0n) is 26.8. The molecule has 3 rings (SSSR count). The van der Waals surface area contributed by atoms with Crippen LogP contribution in [0.15, 0.2) is 54.6 Å². The van der Waals surface area contributed by atoms with E-state index >= 15 is 0 Å². The van der Waals surface area contributed by atoms with E-state index < -0.39 is 11.6 Å². The monoisotopic (exact) mass is 608 g/mol. The van der Waals surface area contributed by atoms with E-state index in [2.05, 4.69) is 17.6 Å². The molecule has 0 aliphatic carbocycles. The number of β-lactam (4-membered cyclic amide) rings is 1. The second-order valence-corrected chi connectivity index (χ2v) is 11.4. The Labute approximate surface area is 261 Å². The van der Waals surface area contributed by atoms with Crippen molar-refractivity contribution in [3.63, 3.8) is 0 Å². The molecule has 10 heteroatoms. The van der Waals surface area contributed by atoms with Crippen LogP contribution in [0.3, 0.4) is 0 Å². The summed E-state index contributed by atoms with van der Waals surface area (Å²) in [5, 5.41) is 6.08. The highest BCUT2D eigenvalue weighted by Crippen LogP contribution is 2.45. The fourth-order valence-corrected chi connectivity index (χ4v) is 5.45. The summed E-state index contributed by atoms with van der Waals surface area (Å²) in [5.74, 6) is -1.02. The second kappa shape index (κ2) is 16.9. The standard InChI is InChI=1S/C34H48N4O6/c1-6-12-28(27-17-15-25(4)16-18-27)36-29(39)22-38-32(42)34(7-2,8-3)33(38)44-24-30(40)37(5)20-19-35-21-31(41)43-23-26-13-10-9-11-14-26/h9-11,13-18,28,33,35H,6-8,12,19-24H2,1-5H3,(H,36,39)/t28-,33+/m1/s1. The van der Waals surface area contributed by atoms with Gasteiger partial charge in [-0.05, 0) is 37.3 Å². The molecule has 0 saturated carbocycles. The lowest BCUT2D eigenvalue weighted by molar-refractivity contribution is -0.224. The van der Waals surface area contributed by atoms with Crippen LogP contribution in [0, 0.1) is 12.3 Å². The number of likely N-dealkylation sites (N-methyl/N-ethyl adjacent to an activating group) is 1. The van der Waals surface area contributed by atoms with Gasteiger partial charge in [-0.15, -0.1) is 0 Å². The van der Waals surface area contributed by atoms with Gasteiger partial charge in [-0.25, -0.2) is 0 Å². The summed E-state index contributed by atoms with van der Waals surface area (Å²) in [6.07, 6.45) is 2.09. The molecule has 240 valence electrons. The molecule has 0 bridgehead atoms. The Bertz CT molecular complexity index is 1230. The predicted molar refractivity (Wildman–Crippen MR) is 168 cm³/mol. The first-order valence-corrected chi connectivity index (χ1v) is 15.6. The van der Waals surface area contributed by atoms with Crippen molar-refractivity contribution < 1.29 is 28.7 Å². The third-order valence-electron chi connectivity index (χ3n) is 8.34. The molecule has 1 fully saturated rings. The fraction of sp³-hybridized carbons (Fsp3) is 0.529. The molecule has 1 saturated heterocycles. The summed E-state index contributed by atoms with van der Waals surface area (Å²) in [4.78, 5) is 54.2. The molecular weight excluding hydrogens is 560 g/mol. The van der Waals surface area contributed by atoms with Gasteiger partial charge in [0.15, 0.2) is 0 Å². The van der Waals surface area contributed by atoms with E-state index in [9.17, 15) is 19.2 Å². The van der Waals surface area contributed by atoms with Crippen molar-refractivity contribution in [2.45, 2.75) is 72.3 Å². The van der Waals surface area contributed by atoms with Gasteiger partial charge in [0.1, 0.15) is 26.0 Å². The molecule has 2 aromatic rings. The fourth-order valence-electron chi connectivity index (χ4n) is 5.45. The molecule has 44 heavy (non-hydrogen) atoms. The highest BCUT2D eigenvalue weighted by molar-refractivity contribution is 5.93. The molecular formula is C34H48N4O6. The minimum Gasteiger partial charge on any atom is -0.460 e. The van der Waals surface area contributed by atoms with Gasteiger partial charge < -0.3 is 29.9 Å². The quantitative estimate of drug-likeness (QED) is 0.150. The smallest absolute Gasteiger partial charge is 0.320 e. The van der Waals surface area contributed by atoms with E-state index in [0.717, 1.165) is 29.5 Å². The van der Waals surface area contributed by atoms with Gasteiger partial charge >= 0.3 is 5.97 Å². The highest BCUT2D eigenvalue weighted by atomic mass is 16.5. The molecule has 3 amide bonds. The Balaban J connectivity index is 1.47. The van der Waals surface area contributed by atoms with Gasteiger partial charge in [0.05, 0.1) is 18.0 Å². The second-order valence-electron chi connectivity index (χ2n) is 11.4. The molecule has 0 radical (unpaired) electrons. The highest BCUT2D eigenvalue weighted by Gasteiger charge is 2.59. The van der Waals surface area contributed by atoms with Crippen LogP contribution in [-0.4, -0.2) is 79.6 Å². The van der Waals surface area contributed by atoms with Crippen LogP contribution in [0.1, 0.15) is 69.2 Å². The summed E-state index contributed by atoms with van der Waals surface area (Å²) in [5.41, 5.74) is 2.32. The van der Waals surface area contributed by atoms with Crippen molar-refractivity contribution in [1.82, 2.24) is 20.4 Å². The Hall–Kier alpha value is -3.76. The van der Waals surface area contributed by atoms with Gasteiger partial charge in [0.2, 0.25) is 17.7 Å². The molecule has 0 spiro atoms. The third-order valence-corrected chi connectivity index (χ3v) is 8.34. The first-order chi connectivity index (χ1) is 21.1. The zero-order chi connectivity index (χ0) is 32.1. The number of amides is 3. The summed E-state index contributed by atoms with van der Waals surface area (Å²) in [6, 6.07) is 17.4. The average molecular weight is 609 g/mol. The maximum absolute atomic E-state index is 13.3. The number of carbonyl (C=O) groups is 4. The molecule has 1 aliphatic heterocycles. The van der Waals surface area contributed by atoms with Crippen LogP contribution >= 0.6 is 0 Å². The predicted octanol–water partition coefficient (Wildman–Crippen LogP) is 3.74. The maximum Gasteiger partial charge on any atom is 0.320 e. The van der Waals surface area contributed by atoms with Crippen molar-refractivity contribution >= 4 is 23.7 Å². The van der Waals surface area contributed by atoms with Crippen LogP contribution in [0.5, 0.6) is 0 Å². The number of esters is 1. The van der Waals surface area contributed by atoms with E-state index in [0.29, 0.717) is 25.9 Å². The number of ether oxygens (including phenoxy) is 2. The van der Waals surface area contributed by atoms with E-state index in [1.807, 2.05) is 75.4 Å². The van der Waals surface area contributed by atoms with E-state index in [-0.39, 0.29) is 56.0 Å². The molecule has 1 aliphatic rings. The number of hydrogen-bond donors (Lipinski definition) is 2. The average Bonchev–Trinajstić information content (AvgIpc) is 3.03. The van der Waals surface area contributed by atoms with Crippen LogP contribution in [0.4, 0.5) is 0 Å². The number of aryl methyl sites for hydroxylation is 1. The molecule has 10 nitrogen and oxygen atoms in total. The normalized spacial score (nSPS) is 16.2. The van der Waals surface area contributed by atoms with Crippen LogP contribution < -0.4 is 10.6 Å². The van der Waals surface area contributed by atoms with Crippen molar-refractivity contribution in [1.29, 1.82) is 0 Å². The summed E-state index contributed by atoms with van der Waals surface area (Å²) in [7, 11) is 1.66. The molecule has 0 aromatic heterocycles. The lowest BCUT2D eigenvalue weighted by Gasteiger charge is -2.54. The largest absolute Gasteiger partial charge is 0.460 e. The Kier molecular flexibility index (Phi) is 13.4. The molecule has 2 atom stereocenters. The van der Waals surface area contributed by atoms with Crippen LogP contribution in [-0.2, 0) is 35.3 Å². The Morgan fingerprint density at radius 3 is 2.34 bits per heavy atom. The number of nitrogens with one attached hydrogen (secondary N) is 2. The van der Waals surface area contributed by atoms with Gasteiger partial charge in [0.25, 0.3) is 0 Å². The van der Waals surface area contributed by atoms with Crippen LogP contribution in [0.25, 0.3) is 0 Å². The number of benzene rings is 2. The lowest BCUT2D eigenvalue weighted by Crippen LogP contribution is -2.71. The van der Waals surface area contributed by atoms with Gasteiger partial charge in [-0.1, -0.05) is 87.4 Å². The van der Waals surface area contributed by atoms with E-state index in [1.165, 1.54) is 9.80 Å². The summed E-state index contributed by atoms with van der Waals surface area (Å²) < 4.78 is 11.3. The van der Waals surface area contributed by atoms with Gasteiger partial charge in [0, 0.05) is 20.1 Å². The SMILES string of the molecule is CCC[C@@H](NC(=O)CN1C(=O)C(CC)(CC)[C@@H]1OCC(=O)N(C)CCNCC(=O)OCc1ccccc1)c1ccc(C)cc1. The summed E-state index contributed by atoms with van der Waals surface area (Å²) >= 11 is 0. The molecule has 2 N–H and O–H groups in total. The van der Waals surface area contributed by atoms with Gasteiger partial charge in [-0.2, -0.15) is 0 Å². The van der Waals surface area contributed by atoms with Crippen molar-refractivity contribution in [2.75, 3.05) is 39.8 Å². The first kappa shape index (κ1) is 34.7. The molecule has 0 unspecified atom stereocenters. The Morgan fingerprint density at radius 1 is 1.02 bits per heavy atom. The van der Waals surface area contributed by atoms with E-state index in [1.54, 1.807) is 7.05 Å². The number of hydrogen-bond acceptors (Lipinski definition) is 7. The first-order valence-electron chi connectivity index (χ1n) is 15.6. The molecule has 1 heterocycles. The Morgan fingerprint density at radius 2 is 1.70 bits per heavy atom. The molecule has 2 aromatic carbocycles. The number of carbonyl (C=O) groups excluding carboxylic acids is 4. The number of likely N-dealkylation sites (tertiary alicyclic amines) is 1. The zero-order valence-corrected chi connectivity index (χ0v) is 26.8. The van der Waals surface area contributed by atoms with Crippen molar-refractivity contribution in [3.8, 4) is 0 Å². The lowest BCUT2D eigenvalue weighted by atomic mass is 9.71. The van der Waals surface area contributed by atoms with Crippen molar-refractivity contribution in [2.24, 2.45) is 5.41 Å². The number of nitrogens with zero attached hydrogens (tertiary/aromatic N) is 2. The third kappa shape index (κ3) is 9.12. The minimum absolute atomic E-state index is 0.0329. The summed E-state index contributed by atoms with van der Waals surface area (Å²) in [6.45, 7) is 8.57. The number of rotatable bonds is 18.